The SMILES string of the molecule is CCCc1cc(C(=O)NCC(=O)NC)cc(N)n1. The van der Waals surface area contributed by atoms with Gasteiger partial charge in [0.25, 0.3) is 5.91 Å². The molecule has 0 spiro atoms. The summed E-state index contributed by atoms with van der Waals surface area (Å²) in [6.45, 7) is 1.97. The van der Waals surface area contributed by atoms with Gasteiger partial charge in [0.15, 0.2) is 0 Å². The van der Waals surface area contributed by atoms with Crippen LogP contribution in [0.1, 0.15) is 29.4 Å². The number of carbonyl (C=O) groups is 2. The van der Waals surface area contributed by atoms with E-state index in [1.54, 1.807) is 6.07 Å². The largest absolute Gasteiger partial charge is 0.384 e. The number of likely N-dealkylation sites (N-methyl/N-ethyl adjacent to an activating group) is 1. The highest BCUT2D eigenvalue weighted by molar-refractivity contribution is 5.97. The minimum Gasteiger partial charge on any atom is -0.384 e. The molecule has 6 heteroatoms. The van der Waals surface area contributed by atoms with Gasteiger partial charge in [0, 0.05) is 18.3 Å². The molecule has 98 valence electrons. The predicted octanol–water partition coefficient (Wildman–Crippen LogP) is 0.0921. The summed E-state index contributed by atoms with van der Waals surface area (Å²) < 4.78 is 0. The Bertz CT molecular complexity index is 446. The average Bonchev–Trinajstić information content (AvgIpc) is 2.35. The van der Waals surface area contributed by atoms with Crippen LogP contribution in [0.4, 0.5) is 5.82 Å². The van der Waals surface area contributed by atoms with E-state index in [1.807, 2.05) is 6.92 Å². The van der Waals surface area contributed by atoms with E-state index >= 15 is 0 Å². The molecule has 0 atom stereocenters. The second kappa shape index (κ2) is 6.58. The highest BCUT2D eigenvalue weighted by Gasteiger charge is 2.09. The van der Waals surface area contributed by atoms with Crippen molar-refractivity contribution in [2.75, 3.05) is 19.3 Å². The first-order valence-electron chi connectivity index (χ1n) is 5.82. The summed E-state index contributed by atoms with van der Waals surface area (Å²) >= 11 is 0. The Morgan fingerprint density at radius 1 is 1.39 bits per heavy atom. The fraction of sp³-hybridized carbons (Fsp3) is 0.417. The number of hydrogen-bond acceptors (Lipinski definition) is 4. The van der Waals surface area contributed by atoms with Crippen molar-refractivity contribution in [3.8, 4) is 0 Å². The summed E-state index contributed by atoms with van der Waals surface area (Å²) in [5.74, 6) is -0.268. The van der Waals surface area contributed by atoms with Crippen molar-refractivity contribution in [1.29, 1.82) is 0 Å². The Kier molecular flexibility index (Phi) is 5.10. The molecule has 0 fully saturated rings. The van der Waals surface area contributed by atoms with Gasteiger partial charge in [0.2, 0.25) is 5.91 Å². The molecule has 6 nitrogen and oxygen atoms in total. The Labute approximate surface area is 106 Å². The number of pyridine rings is 1. The monoisotopic (exact) mass is 250 g/mol. The third kappa shape index (κ3) is 4.04. The number of aromatic nitrogens is 1. The topological polar surface area (TPSA) is 97.1 Å². The number of nitrogens with two attached hydrogens (primary N) is 1. The van der Waals surface area contributed by atoms with Gasteiger partial charge >= 0.3 is 0 Å². The first-order valence-corrected chi connectivity index (χ1v) is 5.82. The summed E-state index contributed by atoms with van der Waals surface area (Å²) in [5.41, 5.74) is 6.85. The highest BCUT2D eigenvalue weighted by Crippen LogP contribution is 2.09. The molecule has 0 aliphatic heterocycles. The van der Waals surface area contributed by atoms with Crippen LogP contribution < -0.4 is 16.4 Å². The lowest BCUT2D eigenvalue weighted by molar-refractivity contribution is -0.119. The summed E-state index contributed by atoms with van der Waals surface area (Å²) in [6.07, 6.45) is 1.69. The molecule has 0 aliphatic rings. The van der Waals surface area contributed by atoms with Crippen LogP contribution in [0.15, 0.2) is 12.1 Å². The Hall–Kier alpha value is -2.11. The molecule has 0 aliphatic carbocycles. The van der Waals surface area contributed by atoms with Crippen LogP contribution in [-0.4, -0.2) is 30.4 Å². The summed E-state index contributed by atoms with van der Waals surface area (Å²) in [7, 11) is 1.51. The molecule has 4 N–H and O–H groups in total. The number of nitrogens with zero attached hydrogens (tertiary/aromatic N) is 1. The van der Waals surface area contributed by atoms with Crippen molar-refractivity contribution >= 4 is 17.6 Å². The van der Waals surface area contributed by atoms with Crippen molar-refractivity contribution < 1.29 is 9.59 Å². The Balaban J connectivity index is 2.75. The van der Waals surface area contributed by atoms with Crippen molar-refractivity contribution in [3.05, 3.63) is 23.4 Å². The quantitative estimate of drug-likeness (QED) is 0.690. The normalized spacial score (nSPS) is 9.89. The van der Waals surface area contributed by atoms with Gasteiger partial charge in [-0.05, 0) is 18.6 Å². The van der Waals surface area contributed by atoms with Gasteiger partial charge in [-0.2, -0.15) is 0 Å². The number of rotatable bonds is 5. The molecule has 0 saturated carbocycles. The molecule has 0 radical (unpaired) electrons. The van der Waals surface area contributed by atoms with E-state index < -0.39 is 0 Å². The maximum atomic E-state index is 11.8. The van der Waals surface area contributed by atoms with Crippen LogP contribution >= 0.6 is 0 Å². The van der Waals surface area contributed by atoms with Crippen molar-refractivity contribution in [2.24, 2.45) is 0 Å². The number of nitrogens with one attached hydrogen (secondary N) is 2. The van der Waals surface area contributed by atoms with Crippen LogP contribution in [0.5, 0.6) is 0 Å². The third-order valence-corrected chi connectivity index (χ3v) is 2.35. The molecule has 0 unspecified atom stereocenters. The lowest BCUT2D eigenvalue weighted by Gasteiger charge is -2.07. The Morgan fingerprint density at radius 3 is 2.72 bits per heavy atom. The Morgan fingerprint density at radius 2 is 2.11 bits per heavy atom. The molecule has 1 aromatic rings. The van der Waals surface area contributed by atoms with E-state index in [1.165, 1.54) is 13.1 Å². The predicted molar refractivity (Wildman–Crippen MR) is 69.0 cm³/mol. The van der Waals surface area contributed by atoms with E-state index in [0.29, 0.717) is 11.4 Å². The smallest absolute Gasteiger partial charge is 0.251 e. The minimum absolute atomic E-state index is 0.0549. The average molecular weight is 250 g/mol. The van der Waals surface area contributed by atoms with Gasteiger partial charge in [0.1, 0.15) is 5.82 Å². The summed E-state index contributed by atoms with van der Waals surface area (Å²) in [5, 5.41) is 4.94. The van der Waals surface area contributed by atoms with Gasteiger partial charge in [0.05, 0.1) is 6.54 Å². The zero-order chi connectivity index (χ0) is 13.5. The lowest BCUT2D eigenvalue weighted by Crippen LogP contribution is -2.35. The standard InChI is InChI=1S/C12H18N4O2/c1-3-4-9-5-8(6-10(13)16-9)12(18)15-7-11(17)14-2/h5-6H,3-4,7H2,1-2H3,(H2,13,16)(H,14,17)(H,15,18). The van der Waals surface area contributed by atoms with E-state index in [-0.39, 0.29) is 18.4 Å². The summed E-state index contributed by atoms with van der Waals surface area (Å²) in [6, 6.07) is 3.19. The number of carbonyl (C=O) groups excluding carboxylic acids is 2. The maximum Gasteiger partial charge on any atom is 0.251 e. The first-order chi connectivity index (χ1) is 8.56. The molecule has 1 heterocycles. The van der Waals surface area contributed by atoms with Gasteiger partial charge in [-0.3, -0.25) is 9.59 Å². The second-order valence-corrected chi connectivity index (χ2v) is 3.88. The number of amides is 2. The van der Waals surface area contributed by atoms with Crippen molar-refractivity contribution in [2.45, 2.75) is 19.8 Å². The molecule has 1 aromatic heterocycles. The van der Waals surface area contributed by atoms with Gasteiger partial charge < -0.3 is 16.4 Å². The number of nitrogen functional groups attached to an aromatic ring is 1. The van der Waals surface area contributed by atoms with E-state index in [4.69, 9.17) is 5.73 Å². The second-order valence-electron chi connectivity index (χ2n) is 3.88. The van der Waals surface area contributed by atoms with E-state index in [0.717, 1.165) is 18.5 Å². The molecule has 0 saturated heterocycles. The zero-order valence-electron chi connectivity index (χ0n) is 10.6. The molecule has 18 heavy (non-hydrogen) atoms. The highest BCUT2D eigenvalue weighted by atomic mass is 16.2. The van der Waals surface area contributed by atoms with Gasteiger partial charge in [-0.1, -0.05) is 13.3 Å². The zero-order valence-corrected chi connectivity index (χ0v) is 10.6. The van der Waals surface area contributed by atoms with Crippen LogP contribution in [-0.2, 0) is 11.2 Å². The fourth-order valence-electron chi connectivity index (χ4n) is 1.48. The van der Waals surface area contributed by atoms with E-state index in [9.17, 15) is 9.59 Å². The van der Waals surface area contributed by atoms with Crippen LogP contribution in [0.2, 0.25) is 0 Å². The molecule has 0 aromatic carbocycles. The van der Waals surface area contributed by atoms with Crippen LogP contribution in [0.25, 0.3) is 0 Å². The van der Waals surface area contributed by atoms with Crippen molar-refractivity contribution in [1.82, 2.24) is 15.6 Å². The first kappa shape index (κ1) is 14.0. The van der Waals surface area contributed by atoms with Gasteiger partial charge in [-0.15, -0.1) is 0 Å². The fourth-order valence-corrected chi connectivity index (χ4v) is 1.48. The van der Waals surface area contributed by atoms with Crippen LogP contribution in [0, 0.1) is 0 Å². The van der Waals surface area contributed by atoms with Crippen molar-refractivity contribution in [3.63, 3.8) is 0 Å². The molecule has 1 rings (SSSR count). The molecule has 2 amide bonds. The molecule has 0 bridgehead atoms. The number of anilines is 1. The minimum atomic E-state index is -0.329. The van der Waals surface area contributed by atoms with Crippen LogP contribution in [0.3, 0.4) is 0 Å². The van der Waals surface area contributed by atoms with Gasteiger partial charge in [-0.25, -0.2) is 4.98 Å². The maximum absolute atomic E-state index is 11.8. The summed E-state index contributed by atoms with van der Waals surface area (Å²) in [4.78, 5) is 27.0. The molecular formula is C12H18N4O2. The van der Waals surface area contributed by atoms with E-state index in [2.05, 4.69) is 15.6 Å². The third-order valence-electron chi connectivity index (χ3n) is 2.35. The lowest BCUT2D eigenvalue weighted by atomic mass is 10.1. The number of aryl methyl sites for hydroxylation is 1. The molecular weight excluding hydrogens is 232 g/mol. The number of hydrogen-bond donors (Lipinski definition) is 3.